The first-order valence-corrected chi connectivity index (χ1v) is 9.37. The fourth-order valence-electron chi connectivity index (χ4n) is 3.46. The standard InChI is InChI=1S/C23H25NO5/c1-6-29-23(25)21-20-17(8-7-9-19(20)27-4)18(24-22(21)28-5)13-15-10-14(2)11-16(12-15)26-3/h7-12H,6,13H2,1-5H3. The van der Waals surface area contributed by atoms with Crippen LogP contribution in [-0.2, 0) is 11.2 Å². The minimum Gasteiger partial charge on any atom is -0.497 e. The van der Waals surface area contributed by atoms with E-state index in [4.69, 9.17) is 18.9 Å². The molecule has 0 N–H and O–H groups in total. The minimum absolute atomic E-state index is 0.218. The number of carbonyl (C=O) groups is 1. The van der Waals surface area contributed by atoms with Crippen LogP contribution in [0.1, 0.15) is 34.1 Å². The number of hydrogen-bond donors (Lipinski definition) is 0. The topological polar surface area (TPSA) is 66.9 Å². The largest absolute Gasteiger partial charge is 0.497 e. The van der Waals surface area contributed by atoms with E-state index in [9.17, 15) is 4.79 Å². The second-order valence-corrected chi connectivity index (χ2v) is 6.58. The average Bonchev–Trinajstić information content (AvgIpc) is 2.72. The summed E-state index contributed by atoms with van der Waals surface area (Å²) in [6, 6.07) is 11.7. The van der Waals surface area contributed by atoms with E-state index in [1.807, 2.05) is 37.3 Å². The van der Waals surface area contributed by atoms with Crippen LogP contribution in [0.3, 0.4) is 0 Å². The third-order valence-corrected chi connectivity index (χ3v) is 4.65. The number of pyridine rings is 1. The summed E-state index contributed by atoms with van der Waals surface area (Å²) < 4.78 is 21.7. The fourth-order valence-corrected chi connectivity index (χ4v) is 3.46. The molecule has 6 heteroatoms. The summed E-state index contributed by atoms with van der Waals surface area (Å²) in [5.74, 6) is 1.08. The van der Waals surface area contributed by atoms with Gasteiger partial charge in [-0.2, -0.15) is 0 Å². The van der Waals surface area contributed by atoms with Gasteiger partial charge in [-0.05, 0) is 43.2 Å². The van der Waals surface area contributed by atoms with Crippen LogP contribution < -0.4 is 14.2 Å². The van der Waals surface area contributed by atoms with Gasteiger partial charge in [0.1, 0.15) is 17.1 Å². The predicted octanol–water partition coefficient (Wildman–Crippen LogP) is 4.34. The SMILES string of the molecule is CCOC(=O)c1c(OC)nc(Cc2cc(C)cc(OC)c2)c2cccc(OC)c12. The predicted molar refractivity (Wildman–Crippen MR) is 111 cm³/mol. The van der Waals surface area contributed by atoms with Gasteiger partial charge in [-0.3, -0.25) is 0 Å². The van der Waals surface area contributed by atoms with Crippen molar-refractivity contribution >= 4 is 16.7 Å². The molecular weight excluding hydrogens is 370 g/mol. The monoisotopic (exact) mass is 395 g/mol. The molecule has 0 aliphatic heterocycles. The molecule has 29 heavy (non-hydrogen) atoms. The normalized spacial score (nSPS) is 10.7. The summed E-state index contributed by atoms with van der Waals surface area (Å²) in [7, 11) is 4.71. The lowest BCUT2D eigenvalue weighted by molar-refractivity contribution is 0.0524. The molecule has 1 heterocycles. The molecule has 0 bridgehead atoms. The first-order valence-electron chi connectivity index (χ1n) is 9.37. The number of hydrogen-bond acceptors (Lipinski definition) is 6. The molecule has 3 rings (SSSR count). The Hall–Kier alpha value is -3.28. The zero-order chi connectivity index (χ0) is 21.0. The molecule has 0 saturated heterocycles. The highest BCUT2D eigenvalue weighted by atomic mass is 16.5. The number of carbonyl (C=O) groups excluding carboxylic acids is 1. The van der Waals surface area contributed by atoms with Crippen LogP contribution in [0.5, 0.6) is 17.4 Å². The van der Waals surface area contributed by atoms with Crippen molar-refractivity contribution in [2.24, 2.45) is 0 Å². The van der Waals surface area contributed by atoms with Gasteiger partial charge < -0.3 is 18.9 Å². The zero-order valence-electron chi connectivity index (χ0n) is 17.4. The van der Waals surface area contributed by atoms with Crippen LogP contribution in [0.4, 0.5) is 0 Å². The van der Waals surface area contributed by atoms with E-state index in [0.29, 0.717) is 17.6 Å². The molecule has 0 radical (unpaired) electrons. The Bertz CT molecular complexity index is 1050. The summed E-state index contributed by atoms with van der Waals surface area (Å²) in [6.07, 6.45) is 0.543. The van der Waals surface area contributed by atoms with E-state index < -0.39 is 5.97 Å². The number of benzene rings is 2. The maximum Gasteiger partial charge on any atom is 0.344 e. The zero-order valence-corrected chi connectivity index (χ0v) is 17.4. The number of fused-ring (bicyclic) bond motifs is 1. The van der Waals surface area contributed by atoms with Crippen LogP contribution in [-0.4, -0.2) is 38.9 Å². The lowest BCUT2D eigenvalue weighted by Gasteiger charge is -2.16. The van der Waals surface area contributed by atoms with Crippen molar-refractivity contribution in [2.45, 2.75) is 20.3 Å². The summed E-state index contributed by atoms with van der Waals surface area (Å²) in [6.45, 7) is 4.03. The van der Waals surface area contributed by atoms with Gasteiger partial charge in [-0.25, -0.2) is 9.78 Å². The average molecular weight is 395 g/mol. The number of ether oxygens (including phenoxy) is 4. The first kappa shape index (κ1) is 20.5. The van der Waals surface area contributed by atoms with Gasteiger partial charge in [-0.1, -0.05) is 18.2 Å². The Labute approximate surface area is 170 Å². The highest BCUT2D eigenvalue weighted by Crippen LogP contribution is 2.36. The van der Waals surface area contributed by atoms with Crippen molar-refractivity contribution in [3.8, 4) is 17.4 Å². The van der Waals surface area contributed by atoms with Crippen molar-refractivity contribution in [2.75, 3.05) is 27.9 Å². The van der Waals surface area contributed by atoms with Gasteiger partial charge in [0.25, 0.3) is 0 Å². The van der Waals surface area contributed by atoms with Gasteiger partial charge in [0.05, 0.1) is 33.6 Å². The van der Waals surface area contributed by atoms with Crippen molar-refractivity contribution in [1.82, 2.24) is 4.98 Å². The van der Waals surface area contributed by atoms with Gasteiger partial charge in [0, 0.05) is 17.2 Å². The van der Waals surface area contributed by atoms with Crippen LogP contribution in [0.25, 0.3) is 10.8 Å². The Kier molecular flexibility index (Phi) is 6.22. The maximum atomic E-state index is 12.7. The Balaban J connectivity index is 2.25. The van der Waals surface area contributed by atoms with Crippen molar-refractivity contribution in [3.63, 3.8) is 0 Å². The van der Waals surface area contributed by atoms with Crippen molar-refractivity contribution < 1.29 is 23.7 Å². The van der Waals surface area contributed by atoms with Gasteiger partial charge in [0.15, 0.2) is 0 Å². The molecule has 0 amide bonds. The molecular formula is C23H25NO5. The fraction of sp³-hybridized carbons (Fsp3) is 0.304. The van der Waals surface area contributed by atoms with Crippen LogP contribution >= 0.6 is 0 Å². The third-order valence-electron chi connectivity index (χ3n) is 4.65. The molecule has 0 fully saturated rings. The maximum absolute atomic E-state index is 12.7. The van der Waals surface area contributed by atoms with E-state index in [0.717, 1.165) is 28.0 Å². The van der Waals surface area contributed by atoms with Gasteiger partial charge >= 0.3 is 5.97 Å². The van der Waals surface area contributed by atoms with E-state index in [1.54, 1.807) is 21.1 Å². The number of esters is 1. The lowest BCUT2D eigenvalue weighted by atomic mass is 9.98. The molecule has 0 unspecified atom stereocenters. The van der Waals surface area contributed by atoms with Crippen LogP contribution in [0.15, 0.2) is 36.4 Å². The first-order chi connectivity index (χ1) is 14.0. The summed E-state index contributed by atoms with van der Waals surface area (Å²) in [4.78, 5) is 17.3. The quantitative estimate of drug-likeness (QED) is 0.555. The molecule has 152 valence electrons. The van der Waals surface area contributed by atoms with Crippen molar-refractivity contribution in [3.05, 3.63) is 58.8 Å². The number of methoxy groups -OCH3 is 3. The number of aryl methyl sites for hydroxylation is 1. The van der Waals surface area contributed by atoms with E-state index in [2.05, 4.69) is 11.1 Å². The van der Waals surface area contributed by atoms with Gasteiger partial charge in [-0.15, -0.1) is 0 Å². The van der Waals surface area contributed by atoms with Gasteiger partial charge in [0.2, 0.25) is 5.88 Å². The summed E-state index contributed by atoms with van der Waals surface area (Å²) >= 11 is 0. The molecule has 2 aromatic carbocycles. The second kappa shape index (κ2) is 8.82. The molecule has 6 nitrogen and oxygen atoms in total. The summed E-state index contributed by atoms with van der Waals surface area (Å²) in [5, 5.41) is 1.45. The van der Waals surface area contributed by atoms with Crippen LogP contribution in [0.2, 0.25) is 0 Å². The summed E-state index contributed by atoms with van der Waals surface area (Å²) in [5.41, 5.74) is 3.18. The smallest absolute Gasteiger partial charge is 0.344 e. The highest BCUT2D eigenvalue weighted by Gasteiger charge is 2.24. The second-order valence-electron chi connectivity index (χ2n) is 6.58. The van der Waals surface area contributed by atoms with E-state index in [1.165, 1.54) is 7.11 Å². The Morgan fingerprint density at radius 2 is 1.83 bits per heavy atom. The third kappa shape index (κ3) is 4.11. The molecule has 0 atom stereocenters. The molecule has 0 saturated carbocycles. The lowest BCUT2D eigenvalue weighted by Crippen LogP contribution is -2.11. The molecule has 3 aromatic rings. The van der Waals surface area contributed by atoms with Crippen LogP contribution in [0, 0.1) is 6.92 Å². The van der Waals surface area contributed by atoms with E-state index in [-0.39, 0.29) is 18.1 Å². The van der Waals surface area contributed by atoms with Crippen molar-refractivity contribution in [1.29, 1.82) is 0 Å². The Morgan fingerprint density at radius 1 is 1.03 bits per heavy atom. The molecule has 0 aliphatic rings. The number of nitrogens with zero attached hydrogens (tertiary/aromatic N) is 1. The molecule has 0 aliphatic carbocycles. The molecule has 0 spiro atoms. The number of aromatic nitrogens is 1. The Morgan fingerprint density at radius 3 is 2.48 bits per heavy atom. The number of rotatable bonds is 7. The highest BCUT2D eigenvalue weighted by molar-refractivity contribution is 6.09. The minimum atomic E-state index is -0.491. The van der Waals surface area contributed by atoms with E-state index >= 15 is 0 Å². The molecule has 1 aromatic heterocycles.